The minimum Gasteiger partial charge on any atom is -0.349 e. The highest BCUT2D eigenvalue weighted by atomic mass is 15.5. The molecule has 1 saturated heterocycles. The Bertz CT molecular complexity index is 614. The average Bonchev–Trinajstić information content (AvgIpc) is 2.94. The number of aryl methyl sites for hydroxylation is 1. The molecule has 1 aromatic heterocycles. The molecule has 2 aliphatic heterocycles. The highest BCUT2D eigenvalue weighted by Crippen LogP contribution is 2.39. The van der Waals surface area contributed by atoms with Crippen molar-refractivity contribution in [2.45, 2.75) is 25.6 Å². The SMILES string of the molecule is CC1N2CC(Cc3ccccc32)N1c1cccn1C. The Morgan fingerprint density at radius 3 is 2.74 bits per heavy atom. The summed E-state index contributed by atoms with van der Waals surface area (Å²) >= 11 is 0. The first-order valence-electron chi connectivity index (χ1n) is 7.00. The smallest absolute Gasteiger partial charge is 0.110 e. The minimum atomic E-state index is 0.433. The first kappa shape index (κ1) is 11.0. The summed E-state index contributed by atoms with van der Waals surface area (Å²) in [6.45, 7) is 3.46. The molecule has 1 aromatic carbocycles. The average molecular weight is 253 g/mol. The number of hydrogen-bond acceptors (Lipinski definition) is 2. The van der Waals surface area contributed by atoms with Gasteiger partial charge in [0.1, 0.15) is 12.0 Å². The maximum absolute atomic E-state index is 2.57. The van der Waals surface area contributed by atoms with E-state index >= 15 is 0 Å². The van der Waals surface area contributed by atoms with E-state index in [4.69, 9.17) is 0 Å². The fourth-order valence-electron chi connectivity index (χ4n) is 3.70. The molecule has 2 unspecified atom stereocenters. The first-order valence-corrected chi connectivity index (χ1v) is 7.00. The van der Waals surface area contributed by atoms with Crippen LogP contribution in [0.25, 0.3) is 0 Å². The molecule has 4 rings (SSSR count). The van der Waals surface area contributed by atoms with E-state index < -0.39 is 0 Å². The third kappa shape index (κ3) is 1.44. The Hall–Kier alpha value is -1.90. The van der Waals surface area contributed by atoms with E-state index in [1.807, 2.05) is 0 Å². The topological polar surface area (TPSA) is 11.4 Å². The quantitative estimate of drug-likeness (QED) is 0.774. The summed E-state index contributed by atoms with van der Waals surface area (Å²) in [7, 11) is 2.13. The number of aromatic nitrogens is 1. The molecule has 2 bridgehead atoms. The van der Waals surface area contributed by atoms with Crippen molar-refractivity contribution in [1.29, 1.82) is 0 Å². The van der Waals surface area contributed by atoms with E-state index in [9.17, 15) is 0 Å². The summed E-state index contributed by atoms with van der Waals surface area (Å²) in [6, 6.07) is 13.8. The molecule has 0 aliphatic carbocycles. The Balaban J connectivity index is 1.79. The second kappa shape index (κ2) is 3.80. The zero-order valence-electron chi connectivity index (χ0n) is 11.5. The molecule has 2 atom stereocenters. The van der Waals surface area contributed by atoms with Crippen molar-refractivity contribution in [3.05, 3.63) is 48.2 Å². The van der Waals surface area contributed by atoms with Gasteiger partial charge in [-0.05, 0) is 37.1 Å². The fourth-order valence-corrected chi connectivity index (χ4v) is 3.70. The summed E-state index contributed by atoms with van der Waals surface area (Å²) in [5, 5.41) is 0. The van der Waals surface area contributed by atoms with Gasteiger partial charge in [0.25, 0.3) is 0 Å². The van der Waals surface area contributed by atoms with Crippen LogP contribution in [-0.2, 0) is 13.5 Å². The molecule has 0 N–H and O–H groups in total. The van der Waals surface area contributed by atoms with Crippen molar-refractivity contribution in [2.24, 2.45) is 7.05 Å². The number of fused-ring (bicyclic) bond motifs is 4. The van der Waals surface area contributed by atoms with E-state index in [2.05, 4.69) is 70.9 Å². The van der Waals surface area contributed by atoms with Crippen molar-refractivity contribution in [3.63, 3.8) is 0 Å². The number of benzene rings is 1. The van der Waals surface area contributed by atoms with Crippen LogP contribution in [0.15, 0.2) is 42.6 Å². The predicted molar refractivity (Wildman–Crippen MR) is 78.6 cm³/mol. The molecule has 0 saturated carbocycles. The van der Waals surface area contributed by atoms with Gasteiger partial charge in [-0.3, -0.25) is 0 Å². The first-order chi connectivity index (χ1) is 9.25. The molecular weight excluding hydrogens is 234 g/mol. The van der Waals surface area contributed by atoms with Crippen molar-refractivity contribution < 1.29 is 0 Å². The summed E-state index contributed by atoms with van der Waals surface area (Å²) in [6.07, 6.45) is 3.72. The van der Waals surface area contributed by atoms with Gasteiger partial charge in [-0.2, -0.15) is 0 Å². The predicted octanol–water partition coefficient (Wildman–Crippen LogP) is 2.62. The molecule has 0 spiro atoms. The van der Waals surface area contributed by atoms with Crippen LogP contribution in [0.2, 0.25) is 0 Å². The molecule has 19 heavy (non-hydrogen) atoms. The van der Waals surface area contributed by atoms with Gasteiger partial charge in [0.2, 0.25) is 0 Å². The van der Waals surface area contributed by atoms with Gasteiger partial charge < -0.3 is 14.4 Å². The molecule has 98 valence electrons. The van der Waals surface area contributed by atoms with Crippen LogP contribution in [0.4, 0.5) is 11.5 Å². The molecule has 2 aliphatic rings. The van der Waals surface area contributed by atoms with Gasteiger partial charge in [0.15, 0.2) is 0 Å². The van der Waals surface area contributed by atoms with Gasteiger partial charge in [0, 0.05) is 25.5 Å². The number of hydrogen-bond donors (Lipinski definition) is 0. The van der Waals surface area contributed by atoms with Gasteiger partial charge >= 0.3 is 0 Å². The minimum absolute atomic E-state index is 0.433. The van der Waals surface area contributed by atoms with Crippen molar-refractivity contribution in [1.82, 2.24) is 4.57 Å². The normalized spacial score (nSPS) is 24.7. The standard InChI is InChI=1S/C16H19N3/c1-12-18-11-14(10-13-6-3-4-7-15(13)18)19(12)16-8-5-9-17(16)2/h3-9,12,14H,10-11H2,1-2H3. The lowest BCUT2D eigenvalue weighted by atomic mass is 10.00. The maximum atomic E-state index is 2.57. The number of rotatable bonds is 1. The van der Waals surface area contributed by atoms with E-state index in [1.165, 1.54) is 17.1 Å². The monoisotopic (exact) mass is 253 g/mol. The Labute approximate surface area is 114 Å². The number of para-hydroxylation sites is 1. The van der Waals surface area contributed by atoms with Gasteiger partial charge in [-0.25, -0.2) is 0 Å². The second-order valence-electron chi connectivity index (χ2n) is 5.66. The van der Waals surface area contributed by atoms with E-state index in [0.717, 1.165) is 13.0 Å². The van der Waals surface area contributed by atoms with Crippen LogP contribution >= 0.6 is 0 Å². The third-order valence-electron chi connectivity index (χ3n) is 4.59. The summed E-state index contributed by atoms with van der Waals surface area (Å²) in [5.41, 5.74) is 2.91. The van der Waals surface area contributed by atoms with E-state index in [0.29, 0.717) is 12.2 Å². The summed E-state index contributed by atoms with van der Waals surface area (Å²) in [4.78, 5) is 5.11. The van der Waals surface area contributed by atoms with E-state index in [1.54, 1.807) is 0 Å². The summed E-state index contributed by atoms with van der Waals surface area (Å²) in [5.74, 6) is 1.33. The highest BCUT2D eigenvalue weighted by molar-refractivity contribution is 5.63. The molecular formula is C16H19N3. The summed E-state index contributed by atoms with van der Waals surface area (Å²) < 4.78 is 2.23. The van der Waals surface area contributed by atoms with Gasteiger partial charge in [-0.15, -0.1) is 0 Å². The van der Waals surface area contributed by atoms with Crippen molar-refractivity contribution >= 4 is 11.5 Å². The lowest BCUT2D eigenvalue weighted by Crippen LogP contribution is -2.38. The van der Waals surface area contributed by atoms with Crippen LogP contribution < -0.4 is 9.80 Å². The maximum Gasteiger partial charge on any atom is 0.110 e. The molecule has 1 fully saturated rings. The van der Waals surface area contributed by atoms with Crippen molar-refractivity contribution in [2.75, 3.05) is 16.3 Å². The number of anilines is 2. The molecule has 3 heterocycles. The third-order valence-corrected chi connectivity index (χ3v) is 4.59. The molecule has 3 heteroatoms. The molecule has 0 amide bonds. The Kier molecular flexibility index (Phi) is 2.19. The molecule has 2 aromatic rings. The van der Waals surface area contributed by atoms with Crippen molar-refractivity contribution in [3.8, 4) is 0 Å². The van der Waals surface area contributed by atoms with Crippen LogP contribution in [0.5, 0.6) is 0 Å². The lowest BCUT2D eigenvalue weighted by molar-refractivity contribution is 0.642. The highest BCUT2D eigenvalue weighted by Gasteiger charge is 2.41. The molecule has 3 nitrogen and oxygen atoms in total. The zero-order chi connectivity index (χ0) is 13.0. The Morgan fingerprint density at radius 2 is 1.95 bits per heavy atom. The van der Waals surface area contributed by atoms with Gasteiger partial charge in [0.05, 0.1) is 6.04 Å². The van der Waals surface area contributed by atoms with Crippen LogP contribution in [0.3, 0.4) is 0 Å². The molecule has 0 radical (unpaired) electrons. The number of nitrogens with zero attached hydrogens (tertiary/aromatic N) is 3. The van der Waals surface area contributed by atoms with Crippen LogP contribution in [0.1, 0.15) is 12.5 Å². The second-order valence-corrected chi connectivity index (χ2v) is 5.66. The fraction of sp³-hybridized carbons (Fsp3) is 0.375. The zero-order valence-corrected chi connectivity index (χ0v) is 11.5. The Morgan fingerprint density at radius 1 is 1.11 bits per heavy atom. The van der Waals surface area contributed by atoms with Crippen LogP contribution in [0, 0.1) is 0 Å². The largest absolute Gasteiger partial charge is 0.349 e. The van der Waals surface area contributed by atoms with E-state index in [-0.39, 0.29) is 0 Å². The van der Waals surface area contributed by atoms with Crippen LogP contribution in [-0.4, -0.2) is 23.3 Å². The lowest BCUT2D eigenvalue weighted by Gasteiger charge is -2.29. The van der Waals surface area contributed by atoms with Gasteiger partial charge in [-0.1, -0.05) is 18.2 Å².